The molecule has 2 heterocycles. The third-order valence-corrected chi connectivity index (χ3v) is 2.99. The van der Waals surface area contributed by atoms with Crippen LogP contribution in [-0.2, 0) is 13.1 Å². The van der Waals surface area contributed by atoms with Crippen molar-refractivity contribution >= 4 is 17.2 Å². The molecule has 6 heteroatoms. The van der Waals surface area contributed by atoms with Gasteiger partial charge in [0.05, 0.1) is 13.1 Å². The van der Waals surface area contributed by atoms with Crippen molar-refractivity contribution in [2.45, 2.75) is 13.1 Å². The molecule has 1 amide bonds. The molecule has 2 aromatic rings. The van der Waals surface area contributed by atoms with Gasteiger partial charge in [-0.1, -0.05) is 6.07 Å². The van der Waals surface area contributed by atoms with E-state index in [1.807, 2.05) is 17.5 Å². The zero-order chi connectivity index (χ0) is 12.1. The molecule has 2 rings (SSSR count). The van der Waals surface area contributed by atoms with Crippen molar-refractivity contribution in [3.05, 3.63) is 40.2 Å². The van der Waals surface area contributed by atoms with Crippen LogP contribution in [0.5, 0.6) is 0 Å². The van der Waals surface area contributed by atoms with Gasteiger partial charge < -0.3 is 15.1 Å². The second-order valence-electron chi connectivity index (χ2n) is 3.42. The lowest BCUT2D eigenvalue weighted by molar-refractivity contribution is 0.0946. The fourth-order valence-electron chi connectivity index (χ4n) is 1.32. The number of aromatic nitrogens is 1. The Labute approximate surface area is 103 Å². The van der Waals surface area contributed by atoms with Gasteiger partial charge in [0, 0.05) is 4.88 Å². The monoisotopic (exact) mass is 251 g/mol. The smallest absolute Gasteiger partial charge is 0.273 e. The number of oxazole rings is 1. The Balaban J connectivity index is 1.90. The molecule has 0 spiro atoms. The van der Waals surface area contributed by atoms with Crippen LogP contribution in [0.2, 0.25) is 0 Å². The van der Waals surface area contributed by atoms with Gasteiger partial charge in [-0.05, 0) is 18.5 Å². The van der Waals surface area contributed by atoms with E-state index < -0.39 is 0 Å². The van der Waals surface area contributed by atoms with E-state index in [9.17, 15) is 4.79 Å². The molecular formula is C11H13N3O2S. The van der Waals surface area contributed by atoms with Gasteiger partial charge in [0.1, 0.15) is 6.26 Å². The molecule has 0 aromatic carbocycles. The lowest BCUT2D eigenvalue weighted by atomic mass is 10.4. The Hall–Kier alpha value is -1.66. The average Bonchev–Trinajstić information content (AvgIpc) is 2.97. The predicted molar refractivity (Wildman–Crippen MR) is 64.8 cm³/mol. The molecule has 0 bridgehead atoms. The maximum Gasteiger partial charge on any atom is 0.273 e. The first-order valence-electron chi connectivity index (χ1n) is 5.19. The lowest BCUT2D eigenvalue weighted by Gasteiger charge is -1.99. The highest BCUT2D eigenvalue weighted by molar-refractivity contribution is 7.09. The molecule has 0 aliphatic rings. The number of rotatable bonds is 5. The Kier molecular flexibility index (Phi) is 3.89. The first kappa shape index (κ1) is 11.8. The maximum atomic E-state index is 11.7. The Bertz CT molecular complexity index is 479. The number of thiophene rings is 1. The topological polar surface area (TPSA) is 67.2 Å². The summed E-state index contributed by atoms with van der Waals surface area (Å²) in [5.74, 6) is 0.290. The van der Waals surface area contributed by atoms with E-state index in [-0.39, 0.29) is 5.91 Å². The van der Waals surface area contributed by atoms with E-state index in [1.54, 1.807) is 18.4 Å². The van der Waals surface area contributed by atoms with E-state index in [0.29, 0.717) is 24.7 Å². The van der Waals surface area contributed by atoms with Gasteiger partial charge >= 0.3 is 0 Å². The first-order chi connectivity index (χ1) is 8.29. The third-order valence-electron chi connectivity index (χ3n) is 2.12. The number of hydrogen-bond donors (Lipinski definition) is 2. The Morgan fingerprint density at radius 2 is 2.41 bits per heavy atom. The summed E-state index contributed by atoms with van der Waals surface area (Å²) in [5.41, 5.74) is 0.312. The van der Waals surface area contributed by atoms with Crippen LogP contribution < -0.4 is 10.6 Å². The number of carbonyl (C=O) groups excluding carboxylic acids is 1. The molecule has 0 saturated heterocycles. The fraction of sp³-hybridized carbons (Fsp3) is 0.273. The summed E-state index contributed by atoms with van der Waals surface area (Å²) in [6.45, 7) is 1.03. The van der Waals surface area contributed by atoms with Crippen LogP contribution in [0.25, 0.3) is 0 Å². The van der Waals surface area contributed by atoms with Crippen LogP contribution in [-0.4, -0.2) is 17.9 Å². The molecule has 0 saturated carbocycles. The van der Waals surface area contributed by atoms with Crippen molar-refractivity contribution in [1.29, 1.82) is 0 Å². The summed E-state index contributed by atoms with van der Waals surface area (Å²) >= 11 is 1.60. The number of nitrogens with one attached hydrogen (secondary N) is 2. The van der Waals surface area contributed by atoms with Crippen molar-refractivity contribution < 1.29 is 9.21 Å². The molecule has 0 aliphatic carbocycles. The SMILES string of the molecule is CNCc1nc(C(=O)NCc2cccs2)co1. The summed E-state index contributed by atoms with van der Waals surface area (Å²) in [5, 5.41) is 7.66. The van der Waals surface area contributed by atoms with Gasteiger partial charge in [-0.15, -0.1) is 11.3 Å². The van der Waals surface area contributed by atoms with Crippen molar-refractivity contribution in [2.75, 3.05) is 7.05 Å². The number of nitrogens with zero attached hydrogens (tertiary/aromatic N) is 1. The summed E-state index contributed by atoms with van der Waals surface area (Å²) in [6.07, 6.45) is 1.37. The normalized spacial score (nSPS) is 10.4. The largest absolute Gasteiger partial charge is 0.447 e. The van der Waals surface area contributed by atoms with E-state index in [1.165, 1.54) is 6.26 Å². The standard InChI is InChI=1S/C11H13N3O2S/c1-12-6-10-14-9(7-16-10)11(15)13-5-8-3-2-4-17-8/h2-4,7,12H,5-6H2,1H3,(H,13,15). The number of amides is 1. The molecule has 0 unspecified atom stereocenters. The van der Waals surface area contributed by atoms with E-state index >= 15 is 0 Å². The summed E-state index contributed by atoms with van der Waals surface area (Å²) in [7, 11) is 1.79. The first-order valence-corrected chi connectivity index (χ1v) is 6.07. The van der Waals surface area contributed by atoms with Crippen LogP contribution in [0.15, 0.2) is 28.2 Å². The van der Waals surface area contributed by atoms with Gasteiger partial charge in [-0.2, -0.15) is 0 Å². The molecule has 17 heavy (non-hydrogen) atoms. The van der Waals surface area contributed by atoms with Gasteiger partial charge in [-0.25, -0.2) is 4.98 Å². The quantitative estimate of drug-likeness (QED) is 0.842. The van der Waals surface area contributed by atoms with Crippen LogP contribution >= 0.6 is 11.3 Å². The van der Waals surface area contributed by atoms with E-state index in [0.717, 1.165) is 4.88 Å². The second kappa shape index (κ2) is 5.60. The fourth-order valence-corrected chi connectivity index (χ4v) is 1.96. The molecular weight excluding hydrogens is 238 g/mol. The van der Waals surface area contributed by atoms with Crippen molar-refractivity contribution in [3.63, 3.8) is 0 Å². The minimum Gasteiger partial charge on any atom is -0.447 e. The summed E-state index contributed by atoms with van der Waals surface area (Å²) < 4.78 is 5.13. The van der Waals surface area contributed by atoms with E-state index in [4.69, 9.17) is 4.42 Å². The van der Waals surface area contributed by atoms with Crippen LogP contribution in [0.4, 0.5) is 0 Å². The number of carbonyl (C=O) groups is 1. The molecule has 90 valence electrons. The highest BCUT2D eigenvalue weighted by atomic mass is 32.1. The van der Waals surface area contributed by atoms with Gasteiger partial charge in [0.2, 0.25) is 5.89 Å². The molecule has 2 aromatic heterocycles. The molecule has 2 N–H and O–H groups in total. The van der Waals surface area contributed by atoms with Crippen LogP contribution in [0.1, 0.15) is 21.3 Å². The van der Waals surface area contributed by atoms with Crippen molar-refractivity contribution in [2.24, 2.45) is 0 Å². The minimum absolute atomic E-state index is 0.218. The molecule has 5 nitrogen and oxygen atoms in total. The summed E-state index contributed by atoms with van der Waals surface area (Å²) in [4.78, 5) is 16.9. The predicted octanol–water partition coefficient (Wildman–Crippen LogP) is 1.39. The average molecular weight is 251 g/mol. The highest BCUT2D eigenvalue weighted by Crippen LogP contribution is 2.08. The van der Waals surface area contributed by atoms with Crippen LogP contribution in [0.3, 0.4) is 0 Å². The maximum absolute atomic E-state index is 11.7. The van der Waals surface area contributed by atoms with Gasteiger partial charge in [0.15, 0.2) is 5.69 Å². The summed E-state index contributed by atoms with van der Waals surface area (Å²) in [6, 6.07) is 3.92. The molecule has 0 aliphatic heterocycles. The molecule has 0 radical (unpaired) electrons. The van der Waals surface area contributed by atoms with Crippen molar-refractivity contribution in [1.82, 2.24) is 15.6 Å². The third kappa shape index (κ3) is 3.15. The zero-order valence-corrected chi connectivity index (χ0v) is 10.2. The zero-order valence-electron chi connectivity index (χ0n) is 9.40. The number of hydrogen-bond acceptors (Lipinski definition) is 5. The van der Waals surface area contributed by atoms with Crippen molar-refractivity contribution in [3.8, 4) is 0 Å². The highest BCUT2D eigenvalue weighted by Gasteiger charge is 2.11. The molecule has 0 atom stereocenters. The van der Waals surface area contributed by atoms with E-state index in [2.05, 4.69) is 15.6 Å². The Morgan fingerprint density at radius 3 is 3.12 bits per heavy atom. The Morgan fingerprint density at radius 1 is 1.53 bits per heavy atom. The molecule has 0 fully saturated rings. The van der Waals surface area contributed by atoms with Gasteiger partial charge in [0.25, 0.3) is 5.91 Å². The lowest BCUT2D eigenvalue weighted by Crippen LogP contribution is -2.22. The second-order valence-corrected chi connectivity index (χ2v) is 4.45. The minimum atomic E-state index is -0.218. The van der Waals surface area contributed by atoms with Crippen LogP contribution in [0, 0.1) is 0 Å². The van der Waals surface area contributed by atoms with Gasteiger partial charge in [-0.3, -0.25) is 4.79 Å².